The zero-order valence-corrected chi connectivity index (χ0v) is 15.9. The normalized spacial score (nSPS) is 11.2. The summed E-state index contributed by atoms with van der Waals surface area (Å²) in [5, 5.41) is 3.31. The van der Waals surface area contributed by atoms with Crippen LogP contribution in [0.1, 0.15) is 33.1 Å². The lowest BCUT2D eigenvalue weighted by molar-refractivity contribution is 0.127. The molecule has 4 nitrogen and oxygen atoms in total. The summed E-state index contributed by atoms with van der Waals surface area (Å²) in [5.74, 6) is 1.63. The van der Waals surface area contributed by atoms with E-state index in [2.05, 4.69) is 42.7 Å². The van der Waals surface area contributed by atoms with Crippen LogP contribution in [0.15, 0.2) is 17.6 Å². The lowest BCUT2D eigenvalue weighted by atomic mass is 10.1. The van der Waals surface area contributed by atoms with Crippen LogP contribution < -0.4 is 5.32 Å². The Labute approximate surface area is 142 Å². The van der Waals surface area contributed by atoms with Gasteiger partial charge in [-0.15, -0.1) is 30.6 Å². The van der Waals surface area contributed by atoms with Gasteiger partial charge in [0.1, 0.15) is 0 Å². The fourth-order valence-corrected chi connectivity index (χ4v) is 1.62. The highest BCUT2D eigenvalue weighted by Crippen LogP contribution is 1.98. The minimum atomic E-state index is 0. The fourth-order valence-electron chi connectivity index (χ4n) is 1.62. The van der Waals surface area contributed by atoms with E-state index >= 15 is 0 Å². The standard InChI is InChI=1S/C15H31N3O.HI/c1-6-7-8-11-18(5)15(16-4)17-10-13-19-12-9-14(2)3;/h6,14H,1,7-13H2,2-5H3,(H,16,17);1H. The van der Waals surface area contributed by atoms with Gasteiger partial charge in [0.05, 0.1) is 6.61 Å². The third-order valence-corrected chi connectivity index (χ3v) is 2.84. The summed E-state index contributed by atoms with van der Waals surface area (Å²) >= 11 is 0. The maximum Gasteiger partial charge on any atom is 0.193 e. The van der Waals surface area contributed by atoms with Crippen LogP contribution in [-0.2, 0) is 4.74 Å². The fraction of sp³-hybridized carbons (Fsp3) is 0.800. The summed E-state index contributed by atoms with van der Waals surface area (Å²) in [6.45, 7) is 11.5. The van der Waals surface area contributed by atoms with Crippen molar-refractivity contribution in [1.29, 1.82) is 0 Å². The molecule has 0 spiro atoms. The Morgan fingerprint density at radius 1 is 1.40 bits per heavy atom. The van der Waals surface area contributed by atoms with Gasteiger partial charge in [-0.2, -0.15) is 0 Å². The SMILES string of the molecule is C=CCCCN(C)C(=NC)NCCOCCC(C)C.I. The Bertz CT molecular complexity index is 258. The second kappa shape index (κ2) is 15.1. The molecule has 1 N–H and O–H groups in total. The van der Waals surface area contributed by atoms with E-state index in [1.165, 1.54) is 0 Å². The molecule has 0 aliphatic heterocycles. The van der Waals surface area contributed by atoms with Gasteiger partial charge in [0, 0.05) is 33.8 Å². The number of guanidine groups is 1. The topological polar surface area (TPSA) is 36.9 Å². The molecule has 120 valence electrons. The van der Waals surface area contributed by atoms with E-state index < -0.39 is 0 Å². The van der Waals surface area contributed by atoms with E-state index in [0.717, 1.165) is 51.5 Å². The highest BCUT2D eigenvalue weighted by molar-refractivity contribution is 14.0. The number of rotatable bonds is 10. The van der Waals surface area contributed by atoms with Gasteiger partial charge in [-0.3, -0.25) is 4.99 Å². The Morgan fingerprint density at radius 3 is 2.65 bits per heavy atom. The van der Waals surface area contributed by atoms with Crippen LogP contribution in [0.3, 0.4) is 0 Å². The van der Waals surface area contributed by atoms with Crippen molar-refractivity contribution in [1.82, 2.24) is 10.2 Å². The van der Waals surface area contributed by atoms with Crippen molar-refractivity contribution >= 4 is 29.9 Å². The number of hydrogen-bond acceptors (Lipinski definition) is 2. The lowest BCUT2D eigenvalue weighted by Crippen LogP contribution is -2.40. The number of halogens is 1. The van der Waals surface area contributed by atoms with Gasteiger partial charge in [-0.05, 0) is 25.2 Å². The summed E-state index contributed by atoms with van der Waals surface area (Å²) < 4.78 is 5.57. The Morgan fingerprint density at radius 2 is 2.10 bits per heavy atom. The number of ether oxygens (including phenoxy) is 1. The zero-order chi connectivity index (χ0) is 14.5. The highest BCUT2D eigenvalue weighted by Gasteiger charge is 2.04. The second-order valence-corrected chi connectivity index (χ2v) is 5.12. The minimum Gasteiger partial charge on any atom is -0.380 e. The maximum atomic E-state index is 5.57. The van der Waals surface area contributed by atoms with E-state index in [0.29, 0.717) is 5.92 Å². The van der Waals surface area contributed by atoms with Crippen LogP contribution >= 0.6 is 24.0 Å². The molecule has 0 heterocycles. The quantitative estimate of drug-likeness (QED) is 0.202. The van der Waals surface area contributed by atoms with Gasteiger partial charge in [-0.25, -0.2) is 0 Å². The molecule has 0 aliphatic carbocycles. The Hall–Kier alpha value is -0.300. The van der Waals surface area contributed by atoms with Crippen LogP contribution in [0, 0.1) is 5.92 Å². The Balaban J connectivity index is 0. The number of unbranched alkanes of at least 4 members (excludes halogenated alkanes) is 1. The number of nitrogens with zero attached hydrogens (tertiary/aromatic N) is 2. The summed E-state index contributed by atoms with van der Waals surface area (Å²) in [6.07, 6.45) is 5.22. The van der Waals surface area contributed by atoms with Crippen LogP contribution in [0.5, 0.6) is 0 Å². The summed E-state index contributed by atoms with van der Waals surface area (Å²) in [4.78, 5) is 6.40. The third-order valence-electron chi connectivity index (χ3n) is 2.84. The van der Waals surface area contributed by atoms with E-state index in [9.17, 15) is 0 Å². The van der Waals surface area contributed by atoms with Crippen LogP contribution in [0.25, 0.3) is 0 Å². The number of hydrogen-bond donors (Lipinski definition) is 1. The maximum absolute atomic E-state index is 5.57. The molecule has 0 fully saturated rings. The monoisotopic (exact) mass is 397 g/mol. The minimum absolute atomic E-state index is 0. The number of aliphatic imine (C=N–C) groups is 1. The molecular formula is C15H32IN3O. The van der Waals surface area contributed by atoms with Crippen molar-refractivity contribution in [2.24, 2.45) is 10.9 Å². The predicted molar refractivity (Wildman–Crippen MR) is 99.1 cm³/mol. The van der Waals surface area contributed by atoms with Gasteiger partial charge < -0.3 is 15.0 Å². The first-order chi connectivity index (χ1) is 9.11. The molecule has 0 bridgehead atoms. The molecule has 0 aromatic heterocycles. The molecule has 0 saturated heterocycles. The molecule has 0 radical (unpaired) electrons. The van der Waals surface area contributed by atoms with Gasteiger partial charge in [0.25, 0.3) is 0 Å². The predicted octanol–water partition coefficient (Wildman–Crippen LogP) is 3.14. The summed E-state index contributed by atoms with van der Waals surface area (Å²) in [6, 6.07) is 0. The average Bonchev–Trinajstić information content (AvgIpc) is 2.37. The van der Waals surface area contributed by atoms with Gasteiger partial charge in [-0.1, -0.05) is 19.9 Å². The molecular weight excluding hydrogens is 365 g/mol. The molecule has 0 saturated carbocycles. The van der Waals surface area contributed by atoms with Crippen molar-refractivity contribution in [3.8, 4) is 0 Å². The molecule has 0 unspecified atom stereocenters. The smallest absolute Gasteiger partial charge is 0.193 e. The summed E-state index contributed by atoms with van der Waals surface area (Å²) in [7, 11) is 3.87. The first-order valence-corrected chi connectivity index (χ1v) is 7.22. The molecule has 0 rings (SSSR count). The number of allylic oxidation sites excluding steroid dienone is 1. The van der Waals surface area contributed by atoms with Gasteiger partial charge >= 0.3 is 0 Å². The van der Waals surface area contributed by atoms with Crippen LogP contribution in [0.4, 0.5) is 0 Å². The van der Waals surface area contributed by atoms with Crippen molar-refractivity contribution in [3.05, 3.63) is 12.7 Å². The molecule has 0 atom stereocenters. The largest absolute Gasteiger partial charge is 0.380 e. The first-order valence-electron chi connectivity index (χ1n) is 7.22. The molecule has 0 aliphatic rings. The molecule has 0 aromatic rings. The third kappa shape index (κ3) is 12.7. The highest BCUT2D eigenvalue weighted by atomic mass is 127. The molecule has 5 heteroatoms. The van der Waals surface area contributed by atoms with Crippen LogP contribution in [-0.4, -0.2) is 51.3 Å². The van der Waals surface area contributed by atoms with E-state index in [-0.39, 0.29) is 24.0 Å². The van der Waals surface area contributed by atoms with Gasteiger partial charge in [0.15, 0.2) is 5.96 Å². The zero-order valence-electron chi connectivity index (χ0n) is 13.5. The summed E-state index contributed by atoms with van der Waals surface area (Å²) in [5.41, 5.74) is 0. The molecule has 20 heavy (non-hydrogen) atoms. The Kier molecular flexibility index (Phi) is 16.6. The van der Waals surface area contributed by atoms with Crippen LogP contribution in [0.2, 0.25) is 0 Å². The molecule has 0 amide bonds. The van der Waals surface area contributed by atoms with Crippen molar-refractivity contribution < 1.29 is 4.74 Å². The van der Waals surface area contributed by atoms with E-state index in [1.807, 2.05) is 13.1 Å². The van der Waals surface area contributed by atoms with E-state index in [4.69, 9.17) is 4.74 Å². The van der Waals surface area contributed by atoms with Gasteiger partial charge in [0.2, 0.25) is 0 Å². The number of nitrogens with one attached hydrogen (secondary N) is 1. The lowest BCUT2D eigenvalue weighted by Gasteiger charge is -2.21. The first kappa shape index (κ1) is 22.0. The van der Waals surface area contributed by atoms with E-state index in [1.54, 1.807) is 0 Å². The van der Waals surface area contributed by atoms with Crippen molar-refractivity contribution in [3.63, 3.8) is 0 Å². The van der Waals surface area contributed by atoms with Crippen molar-refractivity contribution in [2.75, 3.05) is 40.4 Å². The molecule has 0 aromatic carbocycles. The van der Waals surface area contributed by atoms with Crippen molar-refractivity contribution in [2.45, 2.75) is 33.1 Å². The second-order valence-electron chi connectivity index (χ2n) is 5.12. The average molecular weight is 397 g/mol.